The highest BCUT2D eigenvalue weighted by Gasteiger charge is 2.39. The average molecular weight is 387 g/mol. The molecule has 1 spiro atoms. The molecule has 0 bridgehead atoms. The number of piperidine rings is 1. The number of amides is 1. The van der Waals surface area contributed by atoms with E-state index in [9.17, 15) is 4.79 Å². The van der Waals surface area contributed by atoms with Gasteiger partial charge in [0.2, 0.25) is 0 Å². The standard InChI is InChI=1S/C21H26N4O.ClH/c26-20(24-13-10-21(11-14-24)9-12-22-15-21)19-17-7-4-8-18(17)25(23-19)16-5-2-1-3-6-16;/h1-3,5-6,22H,4,7-15H2;1H. The average Bonchev–Trinajstić information content (AvgIpc) is 3.40. The Kier molecular flexibility index (Phi) is 4.99. The molecule has 1 aromatic carbocycles. The zero-order valence-corrected chi connectivity index (χ0v) is 16.4. The van der Waals surface area contributed by atoms with Gasteiger partial charge < -0.3 is 10.2 Å². The van der Waals surface area contributed by atoms with Crippen molar-refractivity contribution in [3.8, 4) is 5.69 Å². The van der Waals surface area contributed by atoms with Crippen LogP contribution in [0.4, 0.5) is 0 Å². The molecule has 1 aliphatic carbocycles. The molecule has 0 radical (unpaired) electrons. The van der Waals surface area contributed by atoms with Crippen molar-refractivity contribution in [1.29, 1.82) is 0 Å². The Morgan fingerprint density at radius 3 is 2.56 bits per heavy atom. The van der Waals surface area contributed by atoms with Crippen molar-refractivity contribution < 1.29 is 4.79 Å². The molecule has 2 aliphatic heterocycles. The molecule has 2 saturated heterocycles. The van der Waals surface area contributed by atoms with Gasteiger partial charge in [-0.3, -0.25) is 4.79 Å². The first-order valence-electron chi connectivity index (χ1n) is 9.92. The molecule has 0 unspecified atom stereocenters. The van der Waals surface area contributed by atoms with Crippen LogP contribution in [0.3, 0.4) is 0 Å². The lowest BCUT2D eigenvalue weighted by atomic mass is 9.78. The molecule has 2 fully saturated rings. The largest absolute Gasteiger partial charge is 0.337 e. The van der Waals surface area contributed by atoms with Gasteiger partial charge in [-0.2, -0.15) is 5.10 Å². The van der Waals surface area contributed by atoms with Gasteiger partial charge in [-0.15, -0.1) is 12.4 Å². The number of likely N-dealkylation sites (tertiary alicyclic amines) is 1. The highest BCUT2D eigenvalue weighted by atomic mass is 35.5. The first kappa shape index (κ1) is 18.5. The number of rotatable bonds is 2. The maximum absolute atomic E-state index is 13.2. The van der Waals surface area contributed by atoms with Crippen molar-refractivity contribution in [2.45, 2.75) is 38.5 Å². The molecule has 3 aliphatic rings. The summed E-state index contributed by atoms with van der Waals surface area (Å²) in [6, 6.07) is 10.2. The first-order chi connectivity index (χ1) is 12.8. The number of carbonyl (C=O) groups excluding carboxylic acids is 1. The molecule has 0 atom stereocenters. The Morgan fingerprint density at radius 1 is 1.07 bits per heavy atom. The summed E-state index contributed by atoms with van der Waals surface area (Å²) in [7, 11) is 0. The van der Waals surface area contributed by atoms with Crippen molar-refractivity contribution in [2.75, 3.05) is 26.2 Å². The molecule has 2 aromatic rings. The van der Waals surface area contributed by atoms with Crippen molar-refractivity contribution in [3.63, 3.8) is 0 Å². The maximum Gasteiger partial charge on any atom is 0.274 e. The summed E-state index contributed by atoms with van der Waals surface area (Å²) in [5.74, 6) is 0.138. The van der Waals surface area contributed by atoms with E-state index in [1.54, 1.807) is 0 Å². The number of carbonyl (C=O) groups is 1. The number of hydrogen-bond acceptors (Lipinski definition) is 3. The maximum atomic E-state index is 13.2. The van der Waals surface area contributed by atoms with E-state index >= 15 is 0 Å². The van der Waals surface area contributed by atoms with Gasteiger partial charge in [-0.05, 0) is 62.6 Å². The Bertz CT molecular complexity index is 816. The lowest BCUT2D eigenvalue weighted by Crippen LogP contribution is -2.44. The second-order valence-electron chi connectivity index (χ2n) is 8.09. The van der Waals surface area contributed by atoms with E-state index in [0.29, 0.717) is 11.1 Å². The molecular formula is C21H27ClN4O. The van der Waals surface area contributed by atoms with Crippen LogP contribution in [0.5, 0.6) is 0 Å². The summed E-state index contributed by atoms with van der Waals surface area (Å²) in [6.07, 6.45) is 6.60. The van der Waals surface area contributed by atoms with Crippen LogP contribution in [0.1, 0.15) is 47.4 Å². The van der Waals surface area contributed by atoms with Crippen LogP contribution < -0.4 is 5.32 Å². The molecule has 6 heteroatoms. The van der Waals surface area contributed by atoms with Crippen molar-refractivity contribution >= 4 is 18.3 Å². The number of hydrogen-bond donors (Lipinski definition) is 1. The summed E-state index contributed by atoms with van der Waals surface area (Å²) in [5, 5.41) is 8.27. The normalized spacial score (nSPS) is 20.5. The van der Waals surface area contributed by atoms with Crippen LogP contribution >= 0.6 is 12.4 Å². The second kappa shape index (κ2) is 7.28. The van der Waals surface area contributed by atoms with Gasteiger partial charge >= 0.3 is 0 Å². The van der Waals surface area contributed by atoms with Crippen molar-refractivity contribution in [1.82, 2.24) is 20.0 Å². The van der Waals surface area contributed by atoms with Crippen molar-refractivity contribution in [3.05, 3.63) is 47.3 Å². The van der Waals surface area contributed by atoms with E-state index in [0.717, 1.165) is 64.0 Å². The Hall–Kier alpha value is -1.85. The van der Waals surface area contributed by atoms with Gasteiger partial charge in [-0.25, -0.2) is 4.68 Å². The summed E-state index contributed by atoms with van der Waals surface area (Å²) in [6.45, 7) is 3.98. The van der Waals surface area contributed by atoms with Crippen LogP contribution in [0.2, 0.25) is 0 Å². The van der Waals surface area contributed by atoms with E-state index in [2.05, 4.69) is 17.4 Å². The van der Waals surface area contributed by atoms with Gasteiger partial charge in [0.1, 0.15) is 0 Å². The SMILES string of the molecule is Cl.O=C(c1nn(-c2ccccc2)c2c1CCC2)N1CCC2(CCNC2)CC1. The molecule has 0 saturated carbocycles. The smallest absolute Gasteiger partial charge is 0.274 e. The Labute approximate surface area is 166 Å². The minimum atomic E-state index is 0. The molecular weight excluding hydrogens is 360 g/mol. The third-order valence-electron chi connectivity index (χ3n) is 6.58. The molecule has 27 heavy (non-hydrogen) atoms. The Balaban J connectivity index is 0.00000180. The van der Waals surface area contributed by atoms with E-state index < -0.39 is 0 Å². The lowest BCUT2D eigenvalue weighted by Gasteiger charge is -2.38. The molecule has 1 N–H and O–H groups in total. The van der Waals surface area contributed by atoms with Crippen LogP contribution in [-0.2, 0) is 12.8 Å². The van der Waals surface area contributed by atoms with Crippen LogP contribution in [0.15, 0.2) is 30.3 Å². The van der Waals surface area contributed by atoms with Crippen LogP contribution in [-0.4, -0.2) is 46.8 Å². The fourth-order valence-electron chi connectivity index (χ4n) is 4.95. The first-order valence-corrected chi connectivity index (χ1v) is 9.92. The van der Waals surface area contributed by atoms with Crippen LogP contribution in [0, 0.1) is 5.41 Å². The molecule has 1 aromatic heterocycles. The summed E-state index contributed by atoms with van der Waals surface area (Å²) in [5.41, 5.74) is 4.60. The van der Waals surface area contributed by atoms with E-state index in [4.69, 9.17) is 5.10 Å². The highest BCUT2D eigenvalue weighted by Crippen LogP contribution is 2.37. The minimum Gasteiger partial charge on any atom is -0.337 e. The van der Waals surface area contributed by atoms with E-state index in [1.807, 2.05) is 27.8 Å². The van der Waals surface area contributed by atoms with E-state index in [-0.39, 0.29) is 18.3 Å². The molecule has 144 valence electrons. The zero-order chi connectivity index (χ0) is 17.6. The van der Waals surface area contributed by atoms with Crippen LogP contribution in [0.25, 0.3) is 5.69 Å². The fraction of sp³-hybridized carbons (Fsp3) is 0.524. The summed E-state index contributed by atoms with van der Waals surface area (Å²) < 4.78 is 2.00. The number of halogens is 1. The zero-order valence-electron chi connectivity index (χ0n) is 15.6. The molecule has 5 rings (SSSR count). The Morgan fingerprint density at radius 2 is 1.85 bits per heavy atom. The summed E-state index contributed by atoms with van der Waals surface area (Å²) in [4.78, 5) is 15.3. The third kappa shape index (κ3) is 3.17. The second-order valence-corrected chi connectivity index (χ2v) is 8.09. The number of fused-ring (bicyclic) bond motifs is 1. The third-order valence-corrected chi connectivity index (χ3v) is 6.58. The number of aromatic nitrogens is 2. The van der Waals surface area contributed by atoms with Crippen molar-refractivity contribution in [2.24, 2.45) is 5.41 Å². The fourth-order valence-corrected chi connectivity index (χ4v) is 4.95. The highest BCUT2D eigenvalue weighted by molar-refractivity contribution is 5.94. The molecule has 1 amide bonds. The number of benzene rings is 1. The van der Waals surface area contributed by atoms with Gasteiger partial charge in [0.05, 0.1) is 5.69 Å². The predicted octanol–water partition coefficient (Wildman–Crippen LogP) is 3.00. The minimum absolute atomic E-state index is 0. The molecule has 5 nitrogen and oxygen atoms in total. The topological polar surface area (TPSA) is 50.2 Å². The monoisotopic (exact) mass is 386 g/mol. The van der Waals surface area contributed by atoms with Gasteiger partial charge in [0.15, 0.2) is 5.69 Å². The van der Waals surface area contributed by atoms with E-state index in [1.165, 1.54) is 17.7 Å². The predicted molar refractivity (Wildman–Crippen MR) is 108 cm³/mol. The number of para-hydroxylation sites is 1. The lowest BCUT2D eigenvalue weighted by molar-refractivity contribution is 0.0600. The number of nitrogens with one attached hydrogen (secondary N) is 1. The summed E-state index contributed by atoms with van der Waals surface area (Å²) >= 11 is 0. The van der Waals surface area contributed by atoms with Gasteiger partial charge in [0.25, 0.3) is 5.91 Å². The molecule has 3 heterocycles. The van der Waals surface area contributed by atoms with Gasteiger partial charge in [-0.1, -0.05) is 18.2 Å². The number of nitrogens with zero attached hydrogens (tertiary/aromatic N) is 3. The van der Waals surface area contributed by atoms with Gasteiger partial charge in [0, 0.05) is 30.9 Å². The quantitative estimate of drug-likeness (QED) is 0.863.